The van der Waals surface area contributed by atoms with E-state index in [0.29, 0.717) is 11.7 Å². The largest absolute Gasteiger partial charge is 0.356 e. The molecule has 0 radical (unpaired) electrons. The molecule has 0 atom stereocenters. The minimum atomic E-state index is 0. The van der Waals surface area contributed by atoms with E-state index in [1.807, 2.05) is 6.92 Å². The van der Waals surface area contributed by atoms with Crippen LogP contribution in [0.4, 0.5) is 0 Å². The molecule has 2 N–H and O–H groups in total. The van der Waals surface area contributed by atoms with Gasteiger partial charge in [-0.15, -0.1) is 24.0 Å². The van der Waals surface area contributed by atoms with Crippen LogP contribution in [-0.2, 0) is 6.42 Å². The van der Waals surface area contributed by atoms with Gasteiger partial charge in [0, 0.05) is 26.6 Å². The van der Waals surface area contributed by atoms with Crippen molar-refractivity contribution in [1.29, 1.82) is 0 Å². The molecule has 0 aromatic carbocycles. The third-order valence-electron chi connectivity index (χ3n) is 3.78. The third kappa shape index (κ3) is 7.81. The number of nitrogens with one attached hydrogen (secondary N) is 2. The number of guanidine groups is 1. The normalized spacial score (nSPS) is 14.9. The number of rotatable bonds is 7. The molecule has 0 fully saturated rings. The second kappa shape index (κ2) is 11.4. The molecular weight excluding hydrogens is 405 g/mol. The van der Waals surface area contributed by atoms with Crippen LogP contribution >= 0.6 is 24.0 Å². The first-order chi connectivity index (χ1) is 10.8. The van der Waals surface area contributed by atoms with Crippen molar-refractivity contribution in [2.75, 3.05) is 20.1 Å². The number of hydrogen-bond acceptors (Lipinski definition) is 4. The summed E-state index contributed by atoms with van der Waals surface area (Å²) >= 11 is 0. The van der Waals surface area contributed by atoms with E-state index in [-0.39, 0.29) is 24.0 Å². The van der Waals surface area contributed by atoms with Crippen molar-refractivity contribution in [3.05, 3.63) is 23.4 Å². The molecular formula is C16H28IN5O. The molecule has 1 aromatic heterocycles. The second-order valence-corrected chi connectivity index (χ2v) is 5.62. The first-order valence-electron chi connectivity index (χ1n) is 8.19. The highest BCUT2D eigenvalue weighted by Gasteiger charge is 2.05. The first kappa shape index (κ1) is 19.9. The molecule has 130 valence electrons. The quantitative estimate of drug-likeness (QED) is 0.227. The molecule has 23 heavy (non-hydrogen) atoms. The fourth-order valence-electron chi connectivity index (χ4n) is 2.58. The van der Waals surface area contributed by atoms with Crippen LogP contribution < -0.4 is 10.6 Å². The molecule has 0 amide bonds. The maximum Gasteiger partial charge on any atom is 0.226 e. The van der Waals surface area contributed by atoms with E-state index < -0.39 is 0 Å². The van der Waals surface area contributed by atoms with Gasteiger partial charge in [-0.25, -0.2) is 0 Å². The number of aromatic nitrogens is 2. The van der Waals surface area contributed by atoms with Gasteiger partial charge >= 0.3 is 0 Å². The molecule has 6 nitrogen and oxygen atoms in total. The van der Waals surface area contributed by atoms with Crippen LogP contribution in [-0.4, -0.2) is 36.2 Å². The maximum atomic E-state index is 5.09. The molecule has 0 aliphatic heterocycles. The van der Waals surface area contributed by atoms with Gasteiger partial charge in [0.2, 0.25) is 5.89 Å². The first-order valence-corrected chi connectivity index (χ1v) is 8.19. The van der Waals surface area contributed by atoms with E-state index in [1.165, 1.54) is 25.7 Å². The van der Waals surface area contributed by atoms with E-state index >= 15 is 0 Å². The molecule has 0 saturated heterocycles. The molecule has 1 aliphatic rings. The predicted molar refractivity (Wildman–Crippen MR) is 103 cm³/mol. The number of halogens is 1. The van der Waals surface area contributed by atoms with Gasteiger partial charge in [0.1, 0.15) is 0 Å². The zero-order valence-corrected chi connectivity index (χ0v) is 16.4. The highest BCUT2D eigenvalue weighted by molar-refractivity contribution is 14.0. The van der Waals surface area contributed by atoms with Crippen molar-refractivity contribution in [2.45, 2.75) is 51.9 Å². The van der Waals surface area contributed by atoms with Crippen molar-refractivity contribution < 1.29 is 4.52 Å². The standard InChI is InChI=1S/C16H27N5O.HI/c1-13-20-15(22-21-13)9-6-11-18-16(17-2)19-12-10-14-7-4-3-5-8-14;/h7H,3-6,8-12H2,1-2H3,(H2,17,18,19);1H. The summed E-state index contributed by atoms with van der Waals surface area (Å²) < 4.78 is 5.09. The average Bonchev–Trinajstić information content (AvgIpc) is 2.96. The zero-order chi connectivity index (χ0) is 15.6. The topological polar surface area (TPSA) is 75.3 Å². The summed E-state index contributed by atoms with van der Waals surface area (Å²) in [6.45, 7) is 3.61. The Morgan fingerprint density at radius 2 is 2.09 bits per heavy atom. The highest BCUT2D eigenvalue weighted by atomic mass is 127. The van der Waals surface area contributed by atoms with Gasteiger partial charge in [0.15, 0.2) is 11.8 Å². The Kier molecular flexibility index (Phi) is 9.89. The zero-order valence-electron chi connectivity index (χ0n) is 14.1. The Morgan fingerprint density at radius 1 is 1.26 bits per heavy atom. The van der Waals surface area contributed by atoms with Gasteiger partial charge in [0.25, 0.3) is 0 Å². The third-order valence-corrected chi connectivity index (χ3v) is 3.78. The van der Waals surface area contributed by atoms with Crippen LogP contribution in [0.3, 0.4) is 0 Å². The maximum absolute atomic E-state index is 5.09. The fraction of sp³-hybridized carbons (Fsp3) is 0.688. The minimum Gasteiger partial charge on any atom is -0.356 e. The number of nitrogens with zero attached hydrogens (tertiary/aromatic N) is 3. The van der Waals surface area contributed by atoms with Gasteiger partial charge in [-0.05, 0) is 45.4 Å². The van der Waals surface area contributed by atoms with E-state index in [2.05, 4.69) is 31.8 Å². The SMILES string of the molecule is CN=C(NCCCc1nc(C)no1)NCCC1=CCCCC1.I. The van der Waals surface area contributed by atoms with Crippen LogP contribution in [0.15, 0.2) is 21.2 Å². The molecule has 0 unspecified atom stereocenters. The van der Waals surface area contributed by atoms with Gasteiger partial charge in [-0.1, -0.05) is 16.8 Å². The van der Waals surface area contributed by atoms with Gasteiger partial charge in [-0.2, -0.15) is 4.98 Å². The number of aliphatic imine (C=N–C) groups is 1. The summed E-state index contributed by atoms with van der Waals surface area (Å²) in [6.07, 6.45) is 10.4. The van der Waals surface area contributed by atoms with E-state index in [0.717, 1.165) is 38.3 Å². The van der Waals surface area contributed by atoms with Crippen LogP contribution in [0.25, 0.3) is 0 Å². The molecule has 1 aromatic rings. The molecule has 2 rings (SSSR count). The van der Waals surface area contributed by atoms with Crippen molar-refractivity contribution in [3.63, 3.8) is 0 Å². The van der Waals surface area contributed by atoms with Crippen LogP contribution in [0.1, 0.15) is 50.2 Å². The molecule has 0 bridgehead atoms. The monoisotopic (exact) mass is 433 g/mol. The second-order valence-electron chi connectivity index (χ2n) is 5.62. The van der Waals surface area contributed by atoms with Gasteiger partial charge in [0.05, 0.1) is 0 Å². The Hall–Kier alpha value is -1.12. The number of aryl methyl sites for hydroxylation is 2. The summed E-state index contributed by atoms with van der Waals surface area (Å²) in [5.74, 6) is 2.25. The van der Waals surface area contributed by atoms with Crippen molar-refractivity contribution in [1.82, 2.24) is 20.8 Å². The lowest BCUT2D eigenvalue weighted by atomic mass is 9.97. The van der Waals surface area contributed by atoms with Gasteiger partial charge < -0.3 is 15.2 Å². The molecule has 7 heteroatoms. The summed E-state index contributed by atoms with van der Waals surface area (Å²) in [6, 6.07) is 0. The number of hydrogen-bond donors (Lipinski definition) is 2. The lowest BCUT2D eigenvalue weighted by Gasteiger charge is -2.15. The molecule has 0 spiro atoms. The van der Waals surface area contributed by atoms with Crippen molar-refractivity contribution in [2.24, 2.45) is 4.99 Å². The van der Waals surface area contributed by atoms with Gasteiger partial charge in [-0.3, -0.25) is 4.99 Å². The Labute approximate surface area is 155 Å². The molecule has 1 aliphatic carbocycles. The van der Waals surface area contributed by atoms with Crippen LogP contribution in [0.5, 0.6) is 0 Å². The van der Waals surface area contributed by atoms with Crippen LogP contribution in [0.2, 0.25) is 0 Å². The Morgan fingerprint density at radius 3 is 2.74 bits per heavy atom. The fourth-order valence-corrected chi connectivity index (χ4v) is 2.58. The van der Waals surface area contributed by atoms with Crippen molar-refractivity contribution in [3.8, 4) is 0 Å². The number of allylic oxidation sites excluding steroid dienone is 1. The summed E-state index contributed by atoms with van der Waals surface area (Å²) in [7, 11) is 1.80. The van der Waals surface area contributed by atoms with Crippen LogP contribution in [0, 0.1) is 6.92 Å². The smallest absolute Gasteiger partial charge is 0.226 e. The summed E-state index contributed by atoms with van der Waals surface area (Å²) in [5.41, 5.74) is 1.58. The highest BCUT2D eigenvalue weighted by Crippen LogP contribution is 2.19. The van der Waals surface area contributed by atoms with E-state index in [1.54, 1.807) is 12.6 Å². The molecule has 1 heterocycles. The lowest BCUT2D eigenvalue weighted by molar-refractivity contribution is 0.372. The predicted octanol–water partition coefficient (Wildman–Crippen LogP) is 2.98. The summed E-state index contributed by atoms with van der Waals surface area (Å²) in [5, 5.41) is 10.5. The Balaban J connectivity index is 0.00000264. The average molecular weight is 433 g/mol. The Bertz CT molecular complexity index is 512. The molecule has 0 saturated carbocycles. The minimum absolute atomic E-state index is 0. The summed E-state index contributed by atoms with van der Waals surface area (Å²) in [4.78, 5) is 8.43. The van der Waals surface area contributed by atoms with Crippen molar-refractivity contribution >= 4 is 29.9 Å². The van der Waals surface area contributed by atoms with E-state index in [4.69, 9.17) is 4.52 Å². The lowest BCUT2D eigenvalue weighted by Crippen LogP contribution is -2.38. The van der Waals surface area contributed by atoms with E-state index in [9.17, 15) is 0 Å².